The van der Waals surface area contributed by atoms with Gasteiger partial charge in [0.2, 0.25) is 0 Å². The normalized spacial score (nSPS) is 14.6. The number of para-hydroxylation sites is 1. The Morgan fingerprint density at radius 1 is 1.10 bits per heavy atom. The molecule has 2 aromatic carbocycles. The summed E-state index contributed by atoms with van der Waals surface area (Å²) in [4.78, 5) is 16.8. The Balaban J connectivity index is 1.89. The van der Waals surface area contributed by atoms with E-state index >= 15 is 0 Å². The van der Waals surface area contributed by atoms with E-state index in [0.29, 0.717) is 6.54 Å². The highest BCUT2D eigenvalue weighted by atomic mass is 79.9. The highest BCUT2D eigenvalue weighted by Gasteiger charge is 2.22. The summed E-state index contributed by atoms with van der Waals surface area (Å²) in [6.07, 6.45) is 0. The first-order valence-corrected chi connectivity index (χ1v) is 7.78. The molecular weight excluding hydrogens is 328 g/mol. The van der Waals surface area contributed by atoms with Crippen LogP contribution in [0.5, 0.6) is 0 Å². The van der Waals surface area contributed by atoms with Crippen molar-refractivity contribution < 1.29 is 4.79 Å². The van der Waals surface area contributed by atoms with Gasteiger partial charge >= 0.3 is 0 Å². The summed E-state index contributed by atoms with van der Waals surface area (Å²) < 4.78 is 0.931. The van der Waals surface area contributed by atoms with Crippen LogP contribution < -0.4 is 4.90 Å². The summed E-state index contributed by atoms with van der Waals surface area (Å²) in [5.41, 5.74) is 3.13. The van der Waals surface area contributed by atoms with Crippen LogP contribution >= 0.6 is 15.9 Å². The molecule has 0 aromatic heterocycles. The third kappa shape index (κ3) is 2.95. The summed E-state index contributed by atoms with van der Waals surface area (Å²) in [6.45, 7) is 2.24. The molecule has 3 nitrogen and oxygen atoms in total. The monoisotopic (exact) mass is 344 g/mol. The van der Waals surface area contributed by atoms with Crippen molar-refractivity contribution in [2.24, 2.45) is 0 Å². The average Bonchev–Trinajstić information content (AvgIpc) is 2.66. The van der Waals surface area contributed by atoms with Gasteiger partial charge in [-0.05, 0) is 29.8 Å². The number of benzene rings is 2. The topological polar surface area (TPSA) is 23.6 Å². The second-order valence-corrected chi connectivity index (χ2v) is 6.20. The number of fused-ring (bicyclic) bond motifs is 1. The number of anilines is 1. The van der Waals surface area contributed by atoms with Crippen LogP contribution in [0.2, 0.25) is 0 Å². The fraction of sp³-hybridized carbons (Fsp3) is 0.235. The number of carbonyl (C=O) groups excluding carboxylic acids is 1. The summed E-state index contributed by atoms with van der Waals surface area (Å²) in [5.74, 6) is 0.0846. The molecule has 21 heavy (non-hydrogen) atoms. The predicted molar refractivity (Wildman–Crippen MR) is 88.6 cm³/mol. The van der Waals surface area contributed by atoms with Crippen LogP contribution in [-0.2, 0) is 6.54 Å². The van der Waals surface area contributed by atoms with Crippen LogP contribution in [0.4, 0.5) is 5.69 Å². The van der Waals surface area contributed by atoms with Gasteiger partial charge in [0.05, 0.1) is 0 Å². The van der Waals surface area contributed by atoms with Gasteiger partial charge in [-0.1, -0.05) is 40.2 Å². The fourth-order valence-electron chi connectivity index (χ4n) is 2.67. The molecule has 0 atom stereocenters. The molecule has 0 fully saturated rings. The van der Waals surface area contributed by atoms with Gasteiger partial charge in [0.15, 0.2) is 0 Å². The first-order valence-electron chi connectivity index (χ1n) is 6.99. The molecule has 1 heterocycles. The molecule has 0 spiro atoms. The minimum atomic E-state index is 0.0846. The molecule has 0 bridgehead atoms. The largest absolute Gasteiger partial charge is 0.373 e. The van der Waals surface area contributed by atoms with Gasteiger partial charge in [-0.3, -0.25) is 4.79 Å². The van der Waals surface area contributed by atoms with E-state index in [2.05, 4.69) is 40.0 Å². The zero-order valence-electron chi connectivity index (χ0n) is 11.9. The highest BCUT2D eigenvalue weighted by molar-refractivity contribution is 9.10. The van der Waals surface area contributed by atoms with Crippen molar-refractivity contribution in [1.29, 1.82) is 0 Å². The van der Waals surface area contributed by atoms with Crippen LogP contribution in [0, 0.1) is 0 Å². The van der Waals surface area contributed by atoms with Crippen molar-refractivity contribution in [3.63, 3.8) is 0 Å². The maximum atomic E-state index is 12.7. The molecule has 4 heteroatoms. The highest BCUT2D eigenvalue weighted by Crippen LogP contribution is 2.24. The van der Waals surface area contributed by atoms with Crippen LogP contribution in [0.25, 0.3) is 0 Å². The van der Waals surface area contributed by atoms with Crippen molar-refractivity contribution in [1.82, 2.24) is 4.90 Å². The van der Waals surface area contributed by atoms with Gasteiger partial charge in [-0.15, -0.1) is 0 Å². The lowest BCUT2D eigenvalue weighted by atomic mass is 10.1. The molecule has 1 aliphatic rings. The van der Waals surface area contributed by atoms with Gasteiger partial charge in [0.25, 0.3) is 5.91 Å². The maximum Gasteiger partial charge on any atom is 0.254 e. The lowest BCUT2D eigenvalue weighted by Crippen LogP contribution is -2.34. The number of likely N-dealkylation sites (N-methyl/N-ethyl adjacent to an activating group) is 1. The molecule has 0 saturated carbocycles. The van der Waals surface area contributed by atoms with Crippen molar-refractivity contribution in [2.45, 2.75) is 6.54 Å². The second kappa shape index (κ2) is 5.90. The second-order valence-electron chi connectivity index (χ2n) is 5.29. The van der Waals surface area contributed by atoms with E-state index in [1.807, 2.05) is 41.3 Å². The first kappa shape index (κ1) is 14.1. The Kier molecular flexibility index (Phi) is 3.97. The van der Waals surface area contributed by atoms with Crippen molar-refractivity contribution >= 4 is 27.5 Å². The molecule has 0 radical (unpaired) electrons. The van der Waals surface area contributed by atoms with Crippen LogP contribution in [0.1, 0.15) is 15.9 Å². The lowest BCUT2D eigenvalue weighted by molar-refractivity contribution is 0.0751. The van der Waals surface area contributed by atoms with E-state index in [-0.39, 0.29) is 5.91 Å². The summed E-state index contributed by atoms with van der Waals surface area (Å²) in [6, 6.07) is 15.9. The van der Waals surface area contributed by atoms with Gasteiger partial charge in [-0.25, -0.2) is 0 Å². The zero-order chi connectivity index (χ0) is 14.8. The standard InChI is InChI=1S/C17H17BrN2O/c1-19-9-10-20(12-14-5-2-3-8-16(14)19)17(21)13-6-4-7-15(18)11-13/h2-8,11H,9-10,12H2,1H3. The number of hydrogen-bond acceptors (Lipinski definition) is 2. The number of rotatable bonds is 1. The molecule has 0 unspecified atom stereocenters. The van der Waals surface area contributed by atoms with Crippen molar-refractivity contribution in [2.75, 3.05) is 25.0 Å². The number of hydrogen-bond donors (Lipinski definition) is 0. The van der Waals surface area contributed by atoms with Crippen molar-refractivity contribution in [3.05, 3.63) is 64.1 Å². The van der Waals surface area contributed by atoms with Gasteiger partial charge in [-0.2, -0.15) is 0 Å². The van der Waals surface area contributed by atoms with Gasteiger partial charge < -0.3 is 9.80 Å². The lowest BCUT2D eigenvalue weighted by Gasteiger charge is -2.21. The number of nitrogens with zero attached hydrogens (tertiary/aromatic N) is 2. The number of halogens is 1. The van der Waals surface area contributed by atoms with Crippen molar-refractivity contribution in [3.8, 4) is 0 Å². The molecular formula is C17H17BrN2O. The van der Waals surface area contributed by atoms with E-state index in [1.54, 1.807) is 0 Å². The Hall–Kier alpha value is -1.81. The Labute approximate surface area is 133 Å². The molecule has 1 amide bonds. The Morgan fingerprint density at radius 2 is 1.90 bits per heavy atom. The quantitative estimate of drug-likeness (QED) is 0.789. The molecule has 0 aliphatic carbocycles. The smallest absolute Gasteiger partial charge is 0.254 e. The summed E-state index contributed by atoms with van der Waals surface area (Å²) >= 11 is 3.43. The van der Waals surface area contributed by atoms with E-state index in [4.69, 9.17) is 0 Å². The van der Waals surface area contributed by atoms with Crippen LogP contribution in [0.15, 0.2) is 53.0 Å². The molecule has 3 rings (SSSR count). The fourth-order valence-corrected chi connectivity index (χ4v) is 3.07. The van der Waals surface area contributed by atoms with E-state index < -0.39 is 0 Å². The number of amides is 1. The SMILES string of the molecule is CN1CCN(C(=O)c2cccc(Br)c2)Cc2ccccc21. The third-order valence-corrected chi connectivity index (χ3v) is 4.32. The minimum absolute atomic E-state index is 0.0846. The summed E-state index contributed by atoms with van der Waals surface area (Å²) in [5, 5.41) is 0. The molecule has 0 saturated heterocycles. The van der Waals surface area contributed by atoms with Gasteiger partial charge in [0, 0.05) is 42.4 Å². The minimum Gasteiger partial charge on any atom is -0.373 e. The molecule has 2 aromatic rings. The maximum absolute atomic E-state index is 12.7. The van der Waals surface area contributed by atoms with Gasteiger partial charge in [0.1, 0.15) is 0 Å². The van der Waals surface area contributed by atoms with Crippen LogP contribution in [-0.4, -0.2) is 30.9 Å². The average molecular weight is 345 g/mol. The van der Waals surface area contributed by atoms with E-state index in [1.165, 1.54) is 11.3 Å². The van der Waals surface area contributed by atoms with E-state index in [0.717, 1.165) is 23.1 Å². The van der Waals surface area contributed by atoms with Crippen LogP contribution in [0.3, 0.4) is 0 Å². The molecule has 1 aliphatic heterocycles. The predicted octanol–water partition coefficient (Wildman–Crippen LogP) is 3.54. The zero-order valence-corrected chi connectivity index (χ0v) is 13.5. The molecule has 0 N–H and O–H groups in total. The number of carbonyl (C=O) groups is 1. The summed E-state index contributed by atoms with van der Waals surface area (Å²) in [7, 11) is 2.08. The van der Waals surface area contributed by atoms with E-state index in [9.17, 15) is 4.79 Å². The Bertz CT molecular complexity index is 671. The Morgan fingerprint density at radius 3 is 2.71 bits per heavy atom. The molecule has 108 valence electrons. The third-order valence-electron chi connectivity index (χ3n) is 3.83. The first-order chi connectivity index (χ1) is 10.1.